The van der Waals surface area contributed by atoms with Crippen molar-refractivity contribution in [3.8, 4) is 11.5 Å². The molecule has 1 heterocycles. The van der Waals surface area contributed by atoms with Crippen molar-refractivity contribution in [3.63, 3.8) is 0 Å². The highest BCUT2D eigenvalue weighted by molar-refractivity contribution is 14.1. The van der Waals surface area contributed by atoms with E-state index in [1.807, 2.05) is 44.2 Å². The predicted octanol–water partition coefficient (Wildman–Crippen LogP) is 6.87. The highest BCUT2D eigenvalue weighted by atomic mass is 127. The number of hydrogen-bond donors (Lipinski definition) is 0. The number of halogens is 1. The van der Waals surface area contributed by atoms with Crippen molar-refractivity contribution in [1.29, 1.82) is 0 Å². The van der Waals surface area contributed by atoms with Crippen LogP contribution in [0.3, 0.4) is 0 Å². The number of amides is 2. The third-order valence-electron chi connectivity index (χ3n) is 5.20. The number of thioether (sulfide) groups is 1. The largest absolute Gasteiger partial charge is 0.490 e. The molecule has 1 saturated heterocycles. The molecule has 2 amide bonds. The van der Waals surface area contributed by atoms with Crippen LogP contribution in [0.4, 0.5) is 4.79 Å². The minimum absolute atomic E-state index is 0.220. The van der Waals surface area contributed by atoms with E-state index >= 15 is 0 Å². The van der Waals surface area contributed by atoms with Gasteiger partial charge in [0.15, 0.2) is 11.5 Å². The molecular formula is C26H24INO4S. The Balaban J connectivity index is 1.61. The van der Waals surface area contributed by atoms with Crippen LogP contribution in [0.5, 0.6) is 11.5 Å². The smallest absolute Gasteiger partial charge is 0.293 e. The van der Waals surface area contributed by atoms with Gasteiger partial charge in [-0.3, -0.25) is 14.5 Å². The SMILES string of the molecule is CCCN1C(=O)S/C(=C/c2cc(I)c(OCc3cccc4ccccc34)c(OCC)c2)C1=O. The summed E-state index contributed by atoms with van der Waals surface area (Å²) in [5, 5.41) is 2.11. The molecule has 1 aliphatic rings. The lowest BCUT2D eigenvalue weighted by atomic mass is 10.1. The van der Waals surface area contributed by atoms with Gasteiger partial charge in [-0.2, -0.15) is 0 Å². The molecule has 0 saturated carbocycles. The van der Waals surface area contributed by atoms with Crippen molar-refractivity contribution in [3.05, 3.63) is 74.2 Å². The van der Waals surface area contributed by atoms with Crippen molar-refractivity contribution in [2.45, 2.75) is 26.9 Å². The van der Waals surface area contributed by atoms with Gasteiger partial charge >= 0.3 is 0 Å². The number of nitrogens with zero attached hydrogens (tertiary/aromatic N) is 1. The number of benzene rings is 3. The number of carbonyl (C=O) groups excluding carboxylic acids is 2. The number of rotatable bonds is 8. The number of ether oxygens (including phenoxy) is 2. The molecule has 0 aliphatic carbocycles. The van der Waals surface area contributed by atoms with E-state index in [-0.39, 0.29) is 11.1 Å². The first-order chi connectivity index (χ1) is 16.0. The van der Waals surface area contributed by atoms with Gasteiger partial charge in [-0.05, 0) is 87.8 Å². The second kappa shape index (κ2) is 10.6. The molecule has 7 heteroatoms. The molecular weight excluding hydrogens is 549 g/mol. The zero-order valence-electron chi connectivity index (χ0n) is 18.5. The van der Waals surface area contributed by atoms with E-state index in [1.54, 1.807) is 6.08 Å². The Bertz CT molecular complexity index is 1230. The first-order valence-corrected chi connectivity index (χ1v) is 12.7. The molecule has 0 spiro atoms. The molecule has 4 rings (SSSR count). The lowest BCUT2D eigenvalue weighted by molar-refractivity contribution is -0.122. The first-order valence-electron chi connectivity index (χ1n) is 10.8. The Morgan fingerprint density at radius 1 is 1.03 bits per heavy atom. The molecule has 0 unspecified atom stereocenters. The molecule has 1 aliphatic heterocycles. The maximum absolute atomic E-state index is 12.6. The van der Waals surface area contributed by atoms with Crippen molar-refractivity contribution in [2.24, 2.45) is 0 Å². The molecule has 170 valence electrons. The Morgan fingerprint density at radius 3 is 2.61 bits per heavy atom. The minimum Gasteiger partial charge on any atom is -0.490 e. The Hall–Kier alpha value is -2.52. The van der Waals surface area contributed by atoms with Crippen LogP contribution >= 0.6 is 34.4 Å². The fourth-order valence-electron chi connectivity index (χ4n) is 3.71. The monoisotopic (exact) mass is 573 g/mol. The first kappa shape index (κ1) is 23.6. The summed E-state index contributed by atoms with van der Waals surface area (Å²) in [5.41, 5.74) is 1.89. The van der Waals surface area contributed by atoms with Crippen LogP contribution in [0.2, 0.25) is 0 Å². The van der Waals surface area contributed by atoms with Crippen LogP contribution in [-0.2, 0) is 11.4 Å². The highest BCUT2D eigenvalue weighted by Gasteiger charge is 2.34. The Labute approximate surface area is 211 Å². The molecule has 1 fully saturated rings. The molecule has 33 heavy (non-hydrogen) atoms. The normalized spacial score (nSPS) is 15.0. The fraction of sp³-hybridized carbons (Fsp3) is 0.231. The summed E-state index contributed by atoms with van der Waals surface area (Å²) in [7, 11) is 0. The summed E-state index contributed by atoms with van der Waals surface area (Å²) >= 11 is 3.20. The van der Waals surface area contributed by atoms with E-state index in [2.05, 4.69) is 46.9 Å². The highest BCUT2D eigenvalue weighted by Crippen LogP contribution is 2.38. The Morgan fingerprint density at radius 2 is 1.82 bits per heavy atom. The second-order valence-corrected chi connectivity index (χ2v) is 9.68. The molecule has 0 radical (unpaired) electrons. The maximum atomic E-state index is 12.6. The third kappa shape index (κ3) is 5.19. The average molecular weight is 573 g/mol. The van der Waals surface area contributed by atoms with Crippen molar-refractivity contribution in [1.82, 2.24) is 4.90 Å². The zero-order valence-corrected chi connectivity index (χ0v) is 21.4. The molecule has 0 aromatic heterocycles. The number of hydrogen-bond acceptors (Lipinski definition) is 5. The molecule has 0 atom stereocenters. The topological polar surface area (TPSA) is 55.8 Å². The maximum Gasteiger partial charge on any atom is 0.293 e. The van der Waals surface area contributed by atoms with Crippen LogP contribution in [-0.4, -0.2) is 29.2 Å². The van der Waals surface area contributed by atoms with Crippen molar-refractivity contribution >= 4 is 62.3 Å². The van der Waals surface area contributed by atoms with Gasteiger partial charge in [0, 0.05) is 6.54 Å². The van der Waals surface area contributed by atoms with E-state index in [0.29, 0.717) is 36.2 Å². The van der Waals surface area contributed by atoms with Gasteiger partial charge in [0.2, 0.25) is 0 Å². The van der Waals surface area contributed by atoms with Crippen LogP contribution in [0.25, 0.3) is 16.8 Å². The predicted molar refractivity (Wildman–Crippen MR) is 142 cm³/mol. The van der Waals surface area contributed by atoms with Crippen molar-refractivity contribution in [2.75, 3.05) is 13.2 Å². The number of carbonyl (C=O) groups is 2. The van der Waals surface area contributed by atoms with E-state index in [1.165, 1.54) is 10.3 Å². The molecule has 3 aromatic rings. The average Bonchev–Trinajstić information content (AvgIpc) is 3.06. The zero-order chi connectivity index (χ0) is 23.4. The van der Waals surface area contributed by atoms with Crippen LogP contribution < -0.4 is 9.47 Å². The van der Waals surface area contributed by atoms with Gasteiger partial charge in [-0.25, -0.2) is 0 Å². The summed E-state index contributed by atoms with van der Waals surface area (Å²) < 4.78 is 13.0. The number of imide groups is 1. The molecule has 0 bridgehead atoms. The molecule has 5 nitrogen and oxygen atoms in total. The summed E-state index contributed by atoms with van der Waals surface area (Å²) in [6, 6.07) is 18.2. The van der Waals surface area contributed by atoms with Gasteiger partial charge in [0.05, 0.1) is 15.1 Å². The molecule has 3 aromatic carbocycles. The van der Waals surface area contributed by atoms with Crippen LogP contribution in [0, 0.1) is 3.57 Å². The third-order valence-corrected chi connectivity index (χ3v) is 6.91. The Kier molecular flexibility index (Phi) is 7.60. The van der Waals surface area contributed by atoms with Crippen molar-refractivity contribution < 1.29 is 19.1 Å². The quantitative estimate of drug-likeness (QED) is 0.218. The van der Waals surface area contributed by atoms with E-state index in [0.717, 1.165) is 38.3 Å². The van der Waals surface area contributed by atoms with Gasteiger partial charge in [-0.15, -0.1) is 0 Å². The van der Waals surface area contributed by atoms with Gasteiger partial charge < -0.3 is 9.47 Å². The van der Waals surface area contributed by atoms with Gasteiger partial charge in [-0.1, -0.05) is 49.4 Å². The second-order valence-electron chi connectivity index (χ2n) is 7.52. The fourth-order valence-corrected chi connectivity index (χ4v) is 5.36. The summed E-state index contributed by atoms with van der Waals surface area (Å²) in [6.07, 6.45) is 2.49. The lowest BCUT2D eigenvalue weighted by Crippen LogP contribution is -2.28. The summed E-state index contributed by atoms with van der Waals surface area (Å²) in [6.45, 7) is 5.19. The minimum atomic E-state index is -0.240. The van der Waals surface area contributed by atoms with E-state index < -0.39 is 0 Å². The summed E-state index contributed by atoms with van der Waals surface area (Å²) in [4.78, 5) is 26.5. The van der Waals surface area contributed by atoms with Crippen LogP contribution in [0.15, 0.2) is 59.5 Å². The van der Waals surface area contributed by atoms with Gasteiger partial charge in [0.25, 0.3) is 11.1 Å². The molecule has 0 N–H and O–H groups in total. The number of fused-ring (bicyclic) bond motifs is 1. The summed E-state index contributed by atoms with van der Waals surface area (Å²) in [5.74, 6) is 1.04. The van der Waals surface area contributed by atoms with E-state index in [9.17, 15) is 9.59 Å². The standard InChI is InChI=1S/C26H24INO4S/c1-3-12-28-25(29)23(33-26(28)30)15-17-13-21(27)24(22(14-17)31-4-2)32-16-19-10-7-9-18-8-5-6-11-20(18)19/h5-11,13-15H,3-4,12,16H2,1-2H3/b23-15+. The van der Waals surface area contributed by atoms with Gasteiger partial charge in [0.1, 0.15) is 6.61 Å². The van der Waals surface area contributed by atoms with Crippen LogP contribution in [0.1, 0.15) is 31.4 Å². The van der Waals surface area contributed by atoms with E-state index in [4.69, 9.17) is 9.47 Å². The lowest BCUT2D eigenvalue weighted by Gasteiger charge is -2.16.